The van der Waals surface area contributed by atoms with Gasteiger partial charge in [0, 0.05) is 0 Å². The van der Waals surface area contributed by atoms with Crippen molar-refractivity contribution in [3.8, 4) is 11.5 Å². The van der Waals surface area contributed by atoms with Crippen LogP contribution in [0.5, 0.6) is 11.5 Å². The highest BCUT2D eigenvalue weighted by Crippen LogP contribution is 2.32. The molecule has 0 aliphatic heterocycles. The van der Waals surface area contributed by atoms with Gasteiger partial charge in [0.15, 0.2) is 28.9 Å². The Balaban J connectivity index is 2.49. The monoisotopic (exact) mass is 282 g/mol. The number of ketones is 1. The highest BCUT2D eigenvalue weighted by molar-refractivity contribution is 6.30. The molecule has 0 aromatic heterocycles. The van der Waals surface area contributed by atoms with Gasteiger partial charge in [-0.1, -0.05) is 23.7 Å². The zero-order chi connectivity index (χ0) is 14.0. The average molecular weight is 283 g/mol. The molecule has 0 aliphatic rings. The molecule has 0 fully saturated rings. The summed E-state index contributed by atoms with van der Waals surface area (Å²) in [6.07, 6.45) is 0. The maximum atomic E-state index is 13.7. The smallest absolute Gasteiger partial charge is 0.184 e. The quantitative estimate of drug-likeness (QED) is 0.768. The van der Waals surface area contributed by atoms with Crippen LogP contribution in [0.1, 0.15) is 17.3 Å². The minimum absolute atomic E-state index is 0.0411. The summed E-state index contributed by atoms with van der Waals surface area (Å²) in [7, 11) is 0. The van der Waals surface area contributed by atoms with Gasteiger partial charge >= 0.3 is 0 Å². The molecule has 0 saturated heterocycles. The van der Waals surface area contributed by atoms with Crippen LogP contribution in [0, 0.1) is 11.6 Å². The summed E-state index contributed by atoms with van der Waals surface area (Å²) in [5, 5.41) is -0.141. The Morgan fingerprint density at radius 2 is 1.84 bits per heavy atom. The Bertz CT molecular complexity index is 641. The van der Waals surface area contributed by atoms with Gasteiger partial charge in [0.2, 0.25) is 0 Å². The van der Waals surface area contributed by atoms with Gasteiger partial charge in [0.1, 0.15) is 0 Å². The molecule has 0 heterocycles. The van der Waals surface area contributed by atoms with Crippen LogP contribution in [0.15, 0.2) is 36.4 Å². The average Bonchev–Trinajstić information content (AvgIpc) is 2.36. The number of hydrogen-bond donors (Lipinski definition) is 0. The highest BCUT2D eigenvalue weighted by Gasteiger charge is 2.17. The molecule has 2 rings (SSSR count). The Labute approximate surface area is 113 Å². The van der Waals surface area contributed by atoms with E-state index in [4.69, 9.17) is 16.3 Å². The van der Waals surface area contributed by atoms with Crippen LogP contribution < -0.4 is 4.74 Å². The summed E-state index contributed by atoms with van der Waals surface area (Å²) in [4.78, 5) is 11.4. The first-order chi connectivity index (χ1) is 9.00. The van der Waals surface area contributed by atoms with E-state index in [0.717, 1.165) is 6.07 Å². The van der Waals surface area contributed by atoms with Crippen molar-refractivity contribution in [3.63, 3.8) is 0 Å². The number of halogens is 3. The minimum atomic E-state index is -0.804. The van der Waals surface area contributed by atoms with Gasteiger partial charge < -0.3 is 4.74 Å². The van der Waals surface area contributed by atoms with Crippen molar-refractivity contribution in [2.45, 2.75) is 6.92 Å². The molecule has 0 radical (unpaired) electrons. The third-order valence-corrected chi connectivity index (χ3v) is 2.77. The number of carbonyl (C=O) groups is 1. The predicted molar refractivity (Wildman–Crippen MR) is 67.9 cm³/mol. The number of Topliss-reactive ketones (excluding diaryl/α,β-unsaturated/α-hetero) is 1. The van der Waals surface area contributed by atoms with E-state index in [0.29, 0.717) is 0 Å². The second kappa shape index (κ2) is 5.36. The van der Waals surface area contributed by atoms with Gasteiger partial charge in [-0.3, -0.25) is 4.79 Å². The number of hydrogen-bond acceptors (Lipinski definition) is 2. The fourth-order valence-corrected chi connectivity index (χ4v) is 1.73. The van der Waals surface area contributed by atoms with Crippen LogP contribution >= 0.6 is 11.6 Å². The second-order valence-corrected chi connectivity index (χ2v) is 4.23. The van der Waals surface area contributed by atoms with Crippen molar-refractivity contribution < 1.29 is 18.3 Å². The van der Waals surface area contributed by atoms with Gasteiger partial charge in [-0.25, -0.2) is 8.78 Å². The third kappa shape index (κ3) is 2.74. The maximum Gasteiger partial charge on any atom is 0.184 e. The van der Waals surface area contributed by atoms with Crippen LogP contribution in [-0.2, 0) is 0 Å². The van der Waals surface area contributed by atoms with Crippen molar-refractivity contribution in [2.24, 2.45) is 0 Å². The van der Waals surface area contributed by atoms with E-state index >= 15 is 0 Å². The molecule has 98 valence electrons. The van der Waals surface area contributed by atoms with E-state index < -0.39 is 11.6 Å². The first-order valence-corrected chi connectivity index (χ1v) is 5.80. The van der Waals surface area contributed by atoms with E-state index in [9.17, 15) is 13.6 Å². The molecule has 0 aliphatic carbocycles. The summed E-state index contributed by atoms with van der Waals surface area (Å²) in [5.41, 5.74) is 0.0411. The largest absolute Gasteiger partial charge is 0.450 e. The number of para-hydroxylation sites is 1. The summed E-state index contributed by atoms with van der Waals surface area (Å²) in [5.74, 6) is -2.47. The molecule has 2 nitrogen and oxygen atoms in total. The number of carbonyl (C=O) groups excluding carboxylic acids is 1. The highest BCUT2D eigenvalue weighted by atomic mass is 35.5. The molecule has 0 bridgehead atoms. The minimum Gasteiger partial charge on any atom is -0.450 e. The summed E-state index contributed by atoms with van der Waals surface area (Å²) < 4.78 is 32.5. The van der Waals surface area contributed by atoms with E-state index in [1.807, 2.05) is 0 Å². The van der Waals surface area contributed by atoms with Crippen LogP contribution in [0.2, 0.25) is 5.02 Å². The first kappa shape index (κ1) is 13.5. The molecule has 0 unspecified atom stereocenters. The number of ether oxygens (including phenoxy) is 1. The van der Waals surface area contributed by atoms with Gasteiger partial charge in [0.25, 0.3) is 0 Å². The van der Waals surface area contributed by atoms with E-state index in [-0.39, 0.29) is 27.9 Å². The Morgan fingerprint density at radius 3 is 2.53 bits per heavy atom. The molecule has 0 spiro atoms. The molecular weight excluding hydrogens is 274 g/mol. The van der Waals surface area contributed by atoms with E-state index in [1.165, 1.54) is 37.3 Å². The van der Waals surface area contributed by atoms with Gasteiger partial charge in [-0.05, 0) is 31.2 Å². The summed E-state index contributed by atoms with van der Waals surface area (Å²) in [6, 6.07) is 8.03. The first-order valence-electron chi connectivity index (χ1n) is 5.42. The Kier molecular flexibility index (Phi) is 3.81. The molecule has 0 saturated carbocycles. The lowest BCUT2D eigenvalue weighted by molar-refractivity contribution is 0.101. The molecule has 0 amide bonds. The van der Waals surface area contributed by atoms with Crippen molar-refractivity contribution in [3.05, 3.63) is 58.6 Å². The van der Waals surface area contributed by atoms with Gasteiger partial charge in [-0.2, -0.15) is 0 Å². The van der Waals surface area contributed by atoms with Crippen LogP contribution in [0.25, 0.3) is 0 Å². The molecule has 2 aromatic carbocycles. The molecule has 19 heavy (non-hydrogen) atoms. The fraction of sp³-hybridized carbons (Fsp3) is 0.0714. The summed E-state index contributed by atoms with van der Waals surface area (Å²) in [6.45, 7) is 1.27. The lowest BCUT2D eigenvalue weighted by Crippen LogP contribution is -2.00. The molecular formula is C14H9ClF2O2. The van der Waals surface area contributed by atoms with E-state index in [2.05, 4.69) is 0 Å². The van der Waals surface area contributed by atoms with Crippen molar-refractivity contribution in [1.82, 2.24) is 0 Å². The van der Waals surface area contributed by atoms with Gasteiger partial charge in [0.05, 0.1) is 10.6 Å². The lowest BCUT2D eigenvalue weighted by Gasteiger charge is -2.11. The van der Waals surface area contributed by atoms with Crippen LogP contribution in [0.4, 0.5) is 8.78 Å². The molecule has 2 aromatic rings. The van der Waals surface area contributed by atoms with Crippen molar-refractivity contribution in [2.75, 3.05) is 0 Å². The van der Waals surface area contributed by atoms with E-state index in [1.54, 1.807) is 0 Å². The zero-order valence-corrected chi connectivity index (χ0v) is 10.7. The zero-order valence-electron chi connectivity index (χ0n) is 9.91. The van der Waals surface area contributed by atoms with Crippen molar-refractivity contribution >= 4 is 17.4 Å². The maximum absolute atomic E-state index is 13.7. The van der Waals surface area contributed by atoms with Crippen LogP contribution in [-0.4, -0.2) is 5.78 Å². The summed E-state index contributed by atoms with van der Waals surface area (Å²) >= 11 is 5.61. The lowest BCUT2D eigenvalue weighted by atomic mass is 10.1. The topological polar surface area (TPSA) is 26.3 Å². The SMILES string of the molecule is CC(=O)c1cccc(F)c1Oc1cccc(Cl)c1F. The Morgan fingerprint density at radius 1 is 1.16 bits per heavy atom. The standard InChI is InChI=1S/C14H9ClF2O2/c1-8(18)9-4-2-6-11(16)14(9)19-12-7-3-5-10(15)13(12)17/h2-7H,1H3. The van der Waals surface area contributed by atoms with Crippen LogP contribution in [0.3, 0.4) is 0 Å². The molecule has 5 heteroatoms. The fourth-order valence-electron chi connectivity index (χ4n) is 1.56. The second-order valence-electron chi connectivity index (χ2n) is 3.83. The normalized spacial score (nSPS) is 10.3. The molecule has 0 atom stereocenters. The van der Waals surface area contributed by atoms with Crippen molar-refractivity contribution in [1.29, 1.82) is 0 Å². The Hall–Kier alpha value is -1.94. The number of benzene rings is 2. The van der Waals surface area contributed by atoms with Gasteiger partial charge in [-0.15, -0.1) is 0 Å². The predicted octanol–water partition coefficient (Wildman–Crippen LogP) is 4.61. The number of rotatable bonds is 3. The third-order valence-electron chi connectivity index (χ3n) is 2.47. The molecule has 0 N–H and O–H groups in total.